The van der Waals surface area contributed by atoms with Crippen LogP contribution in [0.4, 0.5) is 0 Å². The largest absolute Gasteiger partial charge is 0.464 e. The zero-order chi connectivity index (χ0) is 13.1. The summed E-state index contributed by atoms with van der Waals surface area (Å²) in [4.78, 5) is 12.0. The first-order valence-corrected chi connectivity index (χ1v) is 7.06. The Kier molecular flexibility index (Phi) is 4.40. The van der Waals surface area contributed by atoms with E-state index in [-0.39, 0.29) is 12.1 Å². The highest BCUT2D eigenvalue weighted by Gasteiger charge is 2.33. The lowest BCUT2D eigenvalue weighted by Gasteiger charge is -2.31. The van der Waals surface area contributed by atoms with E-state index in [1.807, 2.05) is 18.2 Å². The third-order valence-electron chi connectivity index (χ3n) is 3.15. The molecule has 18 heavy (non-hydrogen) atoms. The average molecular weight is 313 g/mol. The maximum absolute atomic E-state index is 12.0. The van der Waals surface area contributed by atoms with Crippen molar-refractivity contribution < 1.29 is 14.3 Å². The number of ether oxygens (including phenoxy) is 2. The smallest absolute Gasteiger partial charge is 0.339 e. The summed E-state index contributed by atoms with van der Waals surface area (Å²) in [7, 11) is 0. The van der Waals surface area contributed by atoms with Crippen molar-refractivity contribution in [1.82, 2.24) is 0 Å². The summed E-state index contributed by atoms with van der Waals surface area (Å²) in [6.45, 7) is 4.24. The molecular formula is C14H17BrO3. The zero-order valence-corrected chi connectivity index (χ0v) is 12.2. The van der Waals surface area contributed by atoms with Crippen molar-refractivity contribution in [1.29, 1.82) is 0 Å². The number of benzene rings is 1. The summed E-state index contributed by atoms with van der Waals surface area (Å²) >= 11 is 3.55. The van der Waals surface area contributed by atoms with Crippen LogP contribution in [0, 0.1) is 0 Å². The van der Waals surface area contributed by atoms with E-state index in [2.05, 4.69) is 22.9 Å². The van der Waals surface area contributed by atoms with Crippen LogP contribution >= 0.6 is 15.9 Å². The highest BCUT2D eigenvalue weighted by molar-refractivity contribution is 9.10. The second-order valence-corrected chi connectivity index (χ2v) is 5.16. The molecule has 1 unspecified atom stereocenters. The summed E-state index contributed by atoms with van der Waals surface area (Å²) < 4.78 is 12.0. The predicted molar refractivity (Wildman–Crippen MR) is 72.4 cm³/mol. The van der Waals surface area contributed by atoms with Crippen molar-refractivity contribution in [3.63, 3.8) is 0 Å². The van der Waals surface area contributed by atoms with Gasteiger partial charge in [-0.05, 0) is 30.5 Å². The Labute approximate surface area is 116 Å². The standard InChI is InChI=1S/C14H17BrO3/c1-3-9-8-11-10(6-5-7-12(11)15)13(18-9)14(16)17-4-2/h5-7,9,13H,3-4,8H2,1-2H3/t9?,13-/m1/s1. The second-order valence-electron chi connectivity index (χ2n) is 4.31. The molecule has 1 aliphatic heterocycles. The monoisotopic (exact) mass is 312 g/mol. The van der Waals surface area contributed by atoms with Crippen molar-refractivity contribution in [3.05, 3.63) is 33.8 Å². The molecule has 0 aromatic heterocycles. The van der Waals surface area contributed by atoms with Gasteiger partial charge in [0.05, 0.1) is 12.7 Å². The number of carbonyl (C=O) groups is 1. The van der Waals surface area contributed by atoms with E-state index in [4.69, 9.17) is 9.47 Å². The summed E-state index contributed by atoms with van der Waals surface area (Å²) in [5.74, 6) is -0.296. The van der Waals surface area contributed by atoms with E-state index < -0.39 is 6.10 Å². The van der Waals surface area contributed by atoms with Crippen LogP contribution in [0.3, 0.4) is 0 Å². The number of esters is 1. The highest BCUT2D eigenvalue weighted by Crippen LogP contribution is 2.36. The normalized spacial score (nSPS) is 22.4. The number of fused-ring (bicyclic) bond motifs is 1. The lowest BCUT2D eigenvalue weighted by Crippen LogP contribution is -2.31. The van der Waals surface area contributed by atoms with Crippen LogP contribution in [0.15, 0.2) is 22.7 Å². The Balaban J connectivity index is 2.37. The minimum absolute atomic E-state index is 0.0746. The quantitative estimate of drug-likeness (QED) is 0.802. The van der Waals surface area contributed by atoms with Gasteiger partial charge in [-0.1, -0.05) is 35.0 Å². The van der Waals surface area contributed by atoms with Gasteiger partial charge in [0.1, 0.15) is 0 Å². The number of rotatable bonds is 3. The lowest BCUT2D eigenvalue weighted by molar-refractivity contribution is -0.163. The second kappa shape index (κ2) is 5.85. The van der Waals surface area contributed by atoms with E-state index >= 15 is 0 Å². The molecule has 2 atom stereocenters. The Morgan fingerprint density at radius 3 is 2.94 bits per heavy atom. The van der Waals surface area contributed by atoms with Gasteiger partial charge < -0.3 is 9.47 Å². The third kappa shape index (κ3) is 2.59. The van der Waals surface area contributed by atoms with Crippen LogP contribution < -0.4 is 0 Å². The maximum atomic E-state index is 12.0. The molecule has 0 spiro atoms. The van der Waals surface area contributed by atoms with Crippen LogP contribution in [0.1, 0.15) is 37.5 Å². The molecule has 4 heteroatoms. The Morgan fingerprint density at radius 2 is 2.28 bits per heavy atom. The molecule has 3 nitrogen and oxygen atoms in total. The number of hydrogen-bond donors (Lipinski definition) is 0. The van der Waals surface area contributed by atoms with Crippen molar-refractivity contribution in [2.24, 2.45) is 0 Å². The van der Waals surface area contributed by atoms with Gasteiger partial charge in [-0.2, -0.15) is 0 Å². The molecule has 1 aromatic rings. The highest BCUT2D eigenvalue weighted by atomic mass is 79.9. The first-order valence-electron chi connectivity index (χ1n) is 6.26. The maximum Gasteiger partial charge on any atom is 0.339 e. The van der Waals surface area contributed by atoms with E-state index in [1.165, 1.54) is 0 Å². The summed E-state index contributed by atoms with van der Waals surface area (Å²) in [6, 6.07) is 5.86. The van der Waals surface area contributed by atoms with Gasteiger partial charge in [-0.25, -0.2) is 4.79 Å². The fraction of sp³-hybridized carbons (Fsp3) is 0.500. The van der Waals surface area contributed by atoms with E-state index in [9.17, 15) is 4.79 Å². The summed E-state index contributed by atoms with van der Waals surface area (Å²) in [5.41, 5.74) is 2.08. The fourth-order valence-corrected chi connectivity index (χ4v) is 2.76. The third-order valence-corrected chi connectivity index (χ3v) is 3.90. The van der Waals surface area contributed by atoms with Crippen LogP contribution in [0.25, 0.3) is 0 Å². The molecule has 0 N–H and O–H groups in total. The molecule has 1 aliphatic rings. The molecule has 0 amide bonds. The fourth-order valence-electron chi connectivity index (χ4n) is 2.22. The zero-order valence-electron chi connectivity index (χ0n) is 10.6. The molecule has 1 aromatic carbocycles. The van der Waals surface area contributed by atoms with Gasteiger partial charge in [0.25, 0.3) is 0 Å². The van der Waals surface area contributed by atoms with Gasteiger partial charge in [0.15, 0.2) is 6.10 Å². The number of carbonyl (C=O) groups excluding carboxylic acids is 1. The number of hydrogen-bond acceptors (Lipinski definition) is 3. The predicted octanol–water partition coefficient (Wildman–Crippen LogP) is 3.40. The van der Waals surface area contributed by atoms with Crippen molar-refractivity contribution in [2.45, 2.75) is 38.9 Å². The Bertz CT molecular complexity index is 445. The molecule has 0 fully saturated rings. The summed E-state index contributed by atoms with van der Waals surface area (Å²) in [5, 5.41) is 0. The van der Waals surface area contributed by atoms with Crippen molar-refractivity contribution in [2.75, 3.05) is 6.61 Å². The molecule has 98 valence electrons. The molecule has 0 bridgehead atoms. The van der Waals surface area contributed by atoms with E-state index in [0.717, 1.165) is 28.4 Å². The first-order chi connectivity index (χ1) is 8.67. The average Bonchev–Trinajstić information content (AvgIpc) is 2.38. The van der Waals surface area contributed by atoms with Crippen molar-refractivity contribution in [3.8, 4) is 0 Å². The molecule has 0 aliphatic carbocycles. The molecule has 1 heterocycles. The Hall–Kier alpha value is -0.870. The van der Waals surface area contributed by atoms with E-state index in [0.29, 0.717) is 6.61 Å². The van der Waals surface area contributed by atoms with Crippen LogP contribution in [-0.4, -0.2) is 18.7 Å². The van der Waals surface area contributed by atoms with Gasteiger partial charge in [-0.3, -0.25) is 0 Å². The van der Waals surface area contributed by atoms with Crippen LogP contribution in [0.5, 0.6) is 0 Å². The summed E-state index contributed by atoms with van der Waals surface area (Å²) in [6.07, 6.45) is 1.21. The molecule has 2 rings (SSSR count). The SMILES string of the molecule is CCOC(=O)[C@@H]1OC(CC)Cc2c(Br)cccc21. The van der Waals surface area contributed by atoms with Gasteiger partial charge >= 0.3 is 5.97 Å². The molecule has 0 radical (unpaired) electrons. The minimum Gasteiger partial charge on any atom is -0.464 e. The van der Waals surface area contributed by atoms with Crippen LogP contribution in [-0.2, 0) is 20.7 Å². The Morgan fingerprint density at radius 1 is 1.50 bits per heavy atom. The van der Waals surface area contributed by atoms with Gasteiger partial charge in [0.2, 0.25) is 0 Å². The van der Waals surface area contributed by atoms with E-state index in [1.54, 1.807) is 6.92 Å². The first kappa shape index (κ1) is 13.6. The van der Waals surface area contributed by atoms with Gasteiger partial charge in [-0.15, -0.1) is 0 Å². The molecular weight excluding hydrogens is 296 g/mol. The topological polar surface area (TPSA) is 35.5 Å². The van der Waals surface area contributed by atoms with Gasteiger partial charge in [0, 0.05) is 10.9 Å². The molecule has 0 saturated carbocycles. The van der Waals surface area contributed by atoms with Crippen LogP contribution in [0.2, 0.25) is 0 Å². The number of halogens is 1. The van der Waals surface area contributed by atoms with Crippen molar-refractivity contribution >= 4 is 21.9 Å². The minimum atomic E-state index is -0.587. The molecule has 0 saturated heterocycles. The lowest BCUT2D eigenvalue weighted by atomic mass is 9.93.